The van der Waals surface area contributed by atoms with Crippen molar-refractivity contribution in [3.05, 3.63) is 35.9 Å². The fraction of sp³-hybridized carbons (Fsp3) is 0.556. The van der Waals surface area contributed by atoms with Crippen molar-refractivity contribution in [2.45, 2.75) is 38.1 Å². The second kappa shape index (κ2) is 6.71. The normalized spacial score (nSPS) is 26.1. The van der Waals surface area contributed by atoms with Crippen molar-refractivity contribution >= 4 is 11.9 Å². The van der Waals surface area contributed by atoms with E-state index in [2.05, 4.69) is 34.6 Å². The van der Waals surface area contributed by atoms with Gasteiger partial charge in [0.2, 0.25) is 0 Å². The van der Waals surface area contributed by atoms with Crippen LogP contribution < -0.4 is 10.6 Å². The van der Waals surface area contributed by atoms with E-state index in [4.69, 9.17) is 0 Å². The molecule has 2 fully saturated rings. The quantitative estimate of drug-likeness (QED) is 0.816. The number of urea groups is 1. The van der Waals surface area contributed by atoms with Crippen LogP contribution >= 0.6 is 0 Å². The molecule has 0 saturated carbocycles. The first-order valence-electron chi connectivity index (χ1n) is 8.54. The van der Waals surface area contributed by atoms with Crippen LogP contribution in [0.2, 0.25) is 0 Å². The lowest BCUT2D eigenvalue weighted by molar-refractivity contribution is -0.127. The number of rotatable bonds is 5. The van der Waals surface area contributed by atoms with Gasteiger partial charge in [0.25, 0.3) is 5.91 Å². The Morgan fingerprint density at radius 2 is 1.87 bits per heavy atom. The molecule has 1 aromatic rings. The van der Waals surface area contributed by atoms with Gasteiger partial charge in [-0.25, -0.2) is 4.79 Å². The molecular formula is C18H25N3O2. The highest BCUT2D eigenvalue weighted by Crippen LogP contribution is 2.34. The highest BCUT2D eigenvalue weighted by atomic mass is 16.2. The molecule has 0 spiro atoms. The third kappa shape index (κ3) is 3.24. The van der Waals surface area contributed by atoms with Crippen LogP contribution in [0.5, 0.6) is 0 Å². The van der Waals surface area contributed by atoms with Crippen LogP contribution in [0.4, 0.5) is 4.79 Å². The van der Waals surface area contributed by atoms with Gasteiger partial charge in [-0.15, -0.1) is 0 Å². The van der Waals surface area contributed by atoms with Crippen LogP contribution in [0.25, 0.3) is 0 Å². The van der Waals surface area contributed by atoms with Gasteiger partial charge in [-0.2, -0.15) is 0 Å². The topological polar surface area (TPSA) is 61.4 Å². The van der Waals surface area contributed by atoms with Crippen LogP contribution in [0.3, 0.4) is 0 Å². The van der Waals surface area contributed by atoms with E-state index in [0.717, 1.165) is 38.9 Å². The summed E-state index contributed by atoms with van der Waals surface area (Å²) in [5.41, 5.74) is 0.457. The van der Waals surface area contributed by atoms with E-state index in [0.29, 0.717) is 6.42 Å². The van der Waals surface area contributed by atoms with E-state index in [-0.39, 0.29) is 17.9 Å². The molecule has 2 aliphatic rings. The van der Waals surface area contributed by atoms with Crippen molar-refractivity contribution in [1.82, 2.24) is 15.5 Å². The average molecular weight is 315 g/mol. The van der Waals surface area contributed by atoms with Crippen LogP contribution in [0.1, 0.15) is 31.7 Å². The van der Waals surface area contributed by atoms with Crippen molar-refractivity contribution in [2.24, 2.45) is 5.92 Å². The SMILES string of the molecule is CCN1CCC([C@@]2(CCc3ccccc3)NC(=O)NC2=O)CC1. The number of aryl methyl sites for hydroxylation is 1. The second-order valence-corrected chi connectivity index (χ2v) is 6.57. The van der Waals surface area contributed by atoms with Gasteiger partial charge in [-0.1, -0.05) is 37.3 Å². The van der Waals surface area contributed by atoms with Gasteiger partial charge in [0.05, 0.1) is 0 Å². The lowest BCUT2D eigenvalue weighted by atomic mass is 9.74. The molecule has 3 rings (SSSR count). The van der Waals surface area contributed by atoms with Crippen molar-refractivity contribution in [1.29, 1.82) is 0 Å². The summed E-state index contributed by atoms with van der Waals surface area (Å²) in [5.74, 6) is 0.0637. The zero-order valence-corrected chi connectivity index (χ0v) is 13.7. The Labute approximate surface area is 137 Å². The van der Waals surface area contributed by atoms with Crippen LogP contribution in [-0.4, -0.2) is 42.0 Å². The van der Waals surface area contributed by atoms with Gasteiger partial charge in [0, 0.05) is 0 Å². The number of hydrogen-bond acceptors (Lipinski definition) is 3. The third-order valence-corrected chi connectivity index (χ3v) is 5.35. The Balaban J connectivity index is 1.75. The number of nitrogens with one attached hydrogen (secondary N) is 2. The summed E-state index contributed by atoms with van der Waals surface area (Å²) < 4.78 is 0. The van der Waals surface area contributed by atoms with E-state index in [1.54, 1.807) is 0 Å². The highest BCUT2D eigenvalue weighted by Gasteiger charge is 2.51. The van der Waals surface area contributed by atoms with E-state index >= 15 is 0 Å². The van der Waals surface area contributed by atoms with Crippen LogP contribution in [-0.2, 0) is 11.2 Å². The number of nitrogens with zero attached hydrogens (tertiary/aromatic N) is 1. The molecule has 5 nitrogen and oxygen atoms in total. The summed E-state index contributed by atoms with van der Waals surface area (Å²) in [6.07, 6.45) is 3.36. The number of carbonyl (C=O) groups is 2. The summed E-state index contributed by atoms with van der Waals surface area (Å²) in [6, 6.07) is 9.80. The summed E-state index contributed by atoms with van der Waals surface area (Å²) >= 11 is 0. The minimum absolute atomic E-state index is 0.145. The van der Waals surface area contributed by atoms with Gasteiger partial charge in [-0.3, -0.25) is 10.1 Å². The number of piperidine rings is 1. The molecule has 2 heterocycles. The number of likely N-dealkylation sites (tertiary alicyclic amines) is 1. The van der Waals surface area contributed by atoms with Crippen molar-refractivity contribution in [3.63, 3.8) is 0 Å². The minimum atomic E-state index is -0.743. The molecule has 0 aromatic heterocycles. The fourth-order valence-corrected chi connectivity index (χ4v) is 3.90. The Hall–Kier alpha value is -1.88. The maximum absolute atomic E-state index is 12.6. The Kier molecular flexibility index (Phi) is 4.66. The molecule has 0 aliphatic carbocycles. The smallest absolute Gasteiger partial charge is 0.322 e. The Morgan fingerprint density at radius 3 is 2.43 bits per heavy atom. The average Bonchev–Trinajstić information content (AvgIpc) is 2.88. The molecule has 1 aromatic carbocycles. The molecule has 0 bridgehead atoms. The minimum Gasteiger partial charge on any atom is -0.323 e. The van der Waals surface area contributed by atoms with Gasteiger partial charge in [-0.05, 0) is 56.8 Å². The summed E-state index contributed by atoms with van der Waals surface area (Å²) in [4.78, 5) is 26.8. The standard InChI is InChI=1S/C18H25N3O2/c1-2-21-12-9-15(10-13-21)18(16(22)19-17(23)20-18)11-8-14-6-4-3-5-7-14/h3-7,15H,2,8-13H2,1H3,(H2,19,20,22,23)/t18-/m1/s1. The maximum Gasteiger partial charge on any atom is 0.322 e. The number of benzene rings is 1. The van der Waals surface area contributed by atoms with E-state index in [9.17, 15) is 9.59 Å². The molecule has 3 amide bonds. The van der Waals surface area contributed by atoms with Crippen LogP contribution in [0.15, 0.2) is 30.3 Å². The summed E-state index contributed by atoms with van der Waals surface area (Å²) in [6.45, 7) is 5.20. The molecular weight excluding hydrogens is 290 g/mol. The molecule has 2 saturated heterocycles. The third-order valence-electron chi connectivity index (χ3n) is 5.35. The lowest BCUT2D eigenvalue weighted by Crippen LogP contribution is -2.56. The molecule has 0 radical (unpaired) electrons. The molecule has 2 N–H and O–H groups in total. The van der Waals surface area contributed by atoms with Crippen molar-refractivity contribution in [3.8, 4) is 0 Å². The molecule has 2 aliphatic heterocycles. The first kappa shape index (κ1) is 16.0. The zero-order valence-electron chi connectivity index (χ0n) is 13.7. The first-order valence-corrected chi connectivity index (χ1v) is 8.54. The summed E-state index contributed by atoms with van der Waals surface area (Å²) in [7, 11) is 0. The van der Waals surface area contributed by atoms with Gasteiger partial charge < -0.3 is 10.2 Å². The molecule has 5 heteroatoms. The fourth-order valence-electron chi connectivity index (χ4n) is 3.90. The summed E-state index contributed by atoms with van der Waals surface area (Å²) in [5, 5.41) is 5.44. The maximum atomic E-state index is 12.6. The molecule has 124 valence electrons. The van der Waals surface area contributed by atoms with E-state index in [1.165, 1.54) is 5.56 Å². The Morgan fingerprint density at radius 1 is 1.17 bits per heavy atom. The number of carbonyl (C=O) groups excluding carboxylic acids is 2. The van der Waals surface area contributed by atoms with E-state index in [1.807, 2.05) is 18.2 Å². The number of imide groups is 1. The van der Waals surface area contributed by atoms with Crippen LogP contribution in [0, 0.1) is 5.92 Å². The van der Waals surface area contributed by atoms with Crippen molar-refractivity contribution in [2.75, 3.05) is 19.6 Å². The highest BCUT2D eigenvalue weighted by molar-refractivity contribution is 6.07. The second-order valence-electron chi connectivity index (χ2n) is 6.57. The lowest BCUT2D eigenvalue weighted by Gasteiger charge is -2.40. The Bertz CT molecular complexity index is 567. The number of amides is 3. The zero-order chi connectivity index (χ0) is 16.3. The monoisotopic (exact) mass is 315 g/mol. The molecule has 23 heavy (non-hydrogen) atoms. The number of hydrogen-bond donors (Lipinski definition) is 2. The largest absolute Gasteiger partial charge is 0.323 e. The van der Waals surface area contributed by atoms with Gasteiger partial charge in [0.1, 0.15) is 5.54 Å². The van der Waals surface area contributed by atoms with Gasteiger partial charge in [0.15, 0.2) is 0 Å². The van der Waals surface area contributed by atoms with E-state index < -0.39 is 5.54 Å². The molecule has 1 atom stereocenters. The molecule has 0 unspecified atom stereocenters. The first-order chi connectivity index (χ1) is 11.1. The predicted molar refractivity (Wildman–Crippen MR) is 89.0 cm³/mol. The van der Waals surface area contributed by atoms with Crippen molar-refractivity contribution < 1.29 is 9.59 Å². The predicted octanol–water partition coefficient (Wildman–Crippen LogP) is 1.93. The van der Waals surface area contributed by atoms with Gasteiger partial charge >= 0.3 is 6.03 Å².